The molecular weight excluding hydrogens is 280 g/mol. The van der Waals surface area contributed by atoms with E-state index >= 15 is 0 Å². The lowest BCUT2D eigenvalue weighted by molar-refractivity contribution is -0.120. The van der Waals surface area contributed by atoms with Gasteiger partial charge >= 0.3 is 0 Å². The lowest BCUT2D eigenvalue weighted by Gasteiger charge is -2.23. The highest BCUT2D eigenvalue weighted by Gasteiger charge is 2.25. The van der Waals surface area contributed by atoms with Crippen molar-refractivity contribution >= 4 is 23.2 Å². The van der Waals surface area contributed by atoms with Gasteiger partial charge in [-0.05, 0) is 64.8 Å². The van der Waals surface area contributed by atoms with Crippen LogP contribution < -0.4 is 22.1 Å². The number of nitrogens with one attached hydrogen (secondary N) is 2. The van der Waals surface area contributed by atoms with Crippen LogP contribution >= 0.6 is 0 Å². The van der Waals surface area contributed by atoms with Crippen LogP contribution in [0.4, 0.5) is 11.4 Å². The van der Waals surface area contributed by atoms with Crippen LogP contribution in [0.25, 0.3) is 0 Å². The predicted molar refractivity (Wildman–Crippen MR) is 89.7 cm³/mol. The van der Waals surface area contributed by atoms with Gasteiger partial charge in [0.05, 0.1) is 22.5 Å². The minimum absolute atomic E-state index is 0.335. The number of nitrogens with two attached hydrogens (primary N) is 2. The number of aryl methyl sites for hydroxylation is 2. The Morgan fingerprint density at radius 1 is 0.818 bits per heavy atom. The monoisotopic (exact) mass is 306 g/mol. The molecule has 0 saturated carbocycles. The Hall–Kier alpha value is -1.92. The maximum atomic E-state index is 12.1. The van der Waals surface area contributed by atoms with E-state index in [9.17, 15) is 9.59 Å². The van der Waals surface area contributed by atoms with Crippen LogP contribution in [0.2, 0.25) is 0 Å². The molecule has 2 amide bonds. The number of benzene rings is 1. The first-order chi connectivity index (χ1) is 9.82. The number of carbonyl (C=O) groups excluding carboxylic acids is 2. The average molecular weight is 306 g/mol. The number of amides is 2. The maximum absolute atomic E-state index is 12.1. The first kappa shape index (κ1) is 18.1. The Labute approximate surface area is 131 Å². The summed E-state index contributed by atoms with van der Waals surface area (Å²) in [4.78, 5) is 24.2. The minimum Gasteiger partial charge on any atom is -0.323 e. The summed E-state index contributed by atoms with van der Waals surface area (Å²) < 4.78 is 0. The van der Waals surface area contributed by atoms with Crippen molar-refractivity contribution < 1.29 is 9.59 Å². The SMILES string of the molecule is Cc1cc(NC(=O)C(C)(C)N)c(NC(=O)C(C)(C)N)cc1C. The van der Waals surface area contributed by atoms with Gasteiger partial charge in [-0.1, -0.05) is 0 Å². The number of carbonyl (C=O) groups is 2. The third kappa shape index (κ3) is 4.54. The minimum atomic E-state index is -1.02. The molecule has 0 spiro atoms. The molecular formula is C16H26N4O2. The molecule has 0 saturated heterocycles. The fourth-order valence-corrected chi connectivity index (χ4v) is 1.59. The van der Waals surface area contributed by atoms with Gasteiger partial charge in [0.25, 0.3) is 0 Å². The molecule has 6 N–H and O–H groups in total. The van der Waals surface area contributed by atoms with Gasteiger partial charge in [0.2, 0.25) is 11.8 Å². The highest BCUT2D eigenvalue weighted by atomic mass is 16.2. The molecule has 0 bridgehead atoms. The van der Waals surface area contributed by atoms with Crippen molar-refractivity contribution in [1.82, 2.24) is 0 Å². The van der Waals surface area contributed by atoms with E-state index in [0.717, 1.165) is 11.1 Å². The summed E-state index contributed by atoms with van der Waals surface area (Å²) in [5.74, 6) is -0.670. The van der Waals surface area contributed by atoms with E-state index in [-0.39, 0.29) is 11.8 Å². The second-order valence-electron chi connectivity index (χ2n) is 6.83. The fourth-order valence-electron chi connectivity index (χ4n) is 1.59. The molecule has 0 fully saturated rings. The van der Waals surface area contributed by atoms with Crippen LogP contribution in [0.1, 0.15) is 38.8 Å². The van der Waals surface area contributed by atoms with E-state index in [0.29, 0.717) is 11.4 Å². The highest BCUT2D eigenvalue weighted by Crippen LogP contribution is 2.27. The van der Waals surface area contributed by atoms with E-state index in [1.54, 1.807) is 39.8 Å². The summed E-state index contributed by atoms with van der Waals surface area (Å²) >= 11 is 0. The van der Waals surface area contributed by atoms with E-state index in [1.807, 2.05) is 13.8 Å². The zero-order valence-electron chi connectivity index (χ0n) is 14.1. The molecule has 0 atom stereocenters. The summed E-state index contributed by atoms with van der Waals surface area (Å²) in [5.41, 5.74) is 12.5. The molecule has 0 radical (unpaired) electrons. The van der Waals surface area contributed by atoms with Crippen molar-refractivity contribution in [3.63, 3.8) is 0 Å². The normalized spacial score (nSPS) is 12.0. The van der Waals surface area contributed by atoms with Crippen molar-refractivity contribution in [2.45, 2.75) is 52.6 Å². The largest absolute Gasteiger partial charge is 0.323 e. The van der Waals surface area contributed by atoms with E-state index in [1.165, 1.54) is 0 Å². The molecule has 0 aliphatic rings. The molecule has 0 aliphatic carbocycles. The highest BCUT2D eigenvalue weighted by molar-refractivity contribution is 6.04. The molecule has 6 heteroatoms. The van der Waals surface area contributed by atoms with Crippen molar-refractivity contribution in [3.8, 4) is 0 Å². The van der Waals surface area contributed by atoms with Gasteiger partial charge in [-0.15, -0.1) is 0 Å². The molecule has 0 heterocycles. The van der Waals surface area contributed by atoms with Crippen LogP contribution in [0.5, 0.6) is 0 Å². The van der Waals surface area contributed by atoms with Gasteiger partial charge < -0.3 is 22.1 Å². The topological polar surface area (TPSA) is 110 Å². The van der Waals surface area contributed by atoms with Crippen molar-refractivity contribution in [3.05, 3.63) is 23.3 Å². The molecule has 1 rings (SSSR count). The van der Waals surface area contributed by atoms with Crippen molar-refractivity contribution in [2.24, 2.45) is 11.5 Å². The van der Waals surface area contributed by atoms with Gasteiger partial charge in [-0.25, -0.2) is 0 Å². The van der Waals surface area contributed by atoms with Gasteiger partial charge in [-0.3, -0.25) is 9.59 Å². The zero-order chi connectivity index (χ0) is 17.3. The van der Waals surface area contributed by atoms with Gasteiger partial charge in [0, 0.05) is 0 Å². The van der Waals surface area contributed by atoms with E-state index in [4.69, 9.17) is 11.5 Å². The summed E-state index contributed by atoms with van der Waals surface area (Å²) in [6.07, 6.45) is 0. The molecule has 0 aliphatic heterocycles. The Morgan fingerprint density at radius 3 is 1.32 bits per heavy atom. The standard InChI is InChI=1S/C16H26N4O2/c1-9-7-11(19-13(21)15(3,4)17)12(8-10(9)2)20-14(22)16(5,6)18/h7-8H,17-18H2,1-6H3,(H,19,21)(H,20,22). The van der Waals surface area contributed by atoms with Crippen LogP contribution in [0, 0.1) is 13.8 Å². The lowest BCUT2D eigenvalue weighted by Crippen LogP contribution is -2.46. The average Bonchev–Trinajstić information content (AvgIpc) is 2.32. The summed E-state index contributed by atoms with van der Waals surface area (Å²) in [6, 6.07) is 3.61. The second-order valence-corrected chi connectivity index (χ2v) is 6.83. The number of anilines is 2. The van der Waals surface area contributed by atoms with Crippen LogP contribution in [-0.2, 0) is 9.59 Å². The maximum Gasteiger partial charge on any atom is 0.243 e. The van der Waals surface area contributed by atoms with Crippen molar-refractivity contribution in [2.75, 3.05) is 10.6 Å². The Balaban J connectivity index is 3.18. The molecule has 122 valence electrons. The van der Waals surface area contributed by atoms with Gasteiger partial charge in [0.1, 0.15) is 0 Å². The zero-order valence-corrected chi connectivity index (χ0v) is 14.1. The number of hydrogen-bond donors (Lipinski definition) is 4. The first-order valence-corrected chi connectivity index (χ1v) is 7.14. The Bertz CT molecular complexity index is 542. The van der Waals surface area contributed by atoms with Crippen LogP contribution in [0.15, 0.2) is 12.1 Å². The quantitative estimate of drug-likeness (QED) is 0.678. The fraction of sp³-hybridized carbons (Fsp3) is 0.500. The molecule has 22 heavy (non-hydrogen) atoms. The molecule has 1 aromatic carbocycles. The predicted octanol–water partition coefficient (Wildman–Crippen LogP) is 1.66. The summed E-state index contributed by atoms with van der Waals surface area (Å²) in [5, 5.41) is 5.51. The third-order valence-corrected chi connectivity index (χ3v) is 3.30. The van der Waals surface area contributed by atoms with E-state index in [2.05, 4.69) is 10.6 Å². The summed E-state index contributed by atoms with van der Waals surface area (Å²) in [7, 11) is 0. The Morgan fingerprint density at radius 2 is 1.09 bits per heavy atom. The molecule has 0 unspecified atom stereocenters. The second kappa shape index (κ2) is 6.06. The van der Waals surface area contributed by atoms with Gasteiger partial charge in [-0.2, -0.15) is 0 Å². The number of hydrogen-bond acceptors (Lipinski definition) is 4. The van der Waals surface area contributed by atoms with Crippen molar-refractivity contribution in [1.29, 1.82) is 0 Å². The Kier molecular flexibility index (Phi) is 4.99. The first-order valence-electron chi connectivity index (χ1n) is 7.14. The molecule has 0 aromatic heterocycles. The van der Waals surface area contributed by atoms with Crippen LogP contribution in [0.3, 0.4) is 0 Å². The van der Waals surface area contributed by atoms with E-state index < -0.39 is 11.1 Å². The van der Waals surface area contributed by atoms with Gasteiger partial charge in [0.15, 0.2) is 0 Å². The lowest BCUT2D eigenvalue weighted by atomic mass is 10.0. The number of rotatable bonds is 4. The summed E-state index contributed by atoms with van der Waals surface area (Å²) in [6.45, 7) is 10.3. The third-order valence-electron chi connectivity index (χ3n) is 3.30. The smallest absolute Gasteiger partial charge is 0.243 e. The molecule has 1 aromatic rings. The molecule has 6 nitrogen and oxygen atoms in total. The van der Waals surface area contributed by atoms with Crippen LogP contribution in [-0.4, -0.2) is 22.9 Å².